The molecule has 6 heteroatoms. The van der Waals surface area contributed by atoms with Gasteiger partial charge in [-0.15, -0.1) is 0 Å². The van der Waals surface area contributed by atoms with Gasteiger partial charge in [-0.2, -0.15) is 0 Å². The number of amides is 1. The van der Waals surface area contributed by atoms with Crippen molar-refractivity contribution in [2.75, 3.05) is 13.2 Å². The Morgan fingerprint density at radius 1 is 0.491 bits per heavy atom. The Hall–Kier alpha value is -2.18. The summed E-state index contributed by atoms with van der Waals surface area (Å²) in [4.78, 5) is 24.4. The molecule has 0 saturated heterocycles. The van der Waals surface area contributed by atoms with Crippen molar-refractivity contribution in [1.82, 2.24) is 5.32 Å². The molecule has 6 nitrogen and oxygen atoms in total. The summed E-state index contributed by atoms with van der Waals surface area (Å²) < 4.78 is 5.45. The zero-order chi connectivity index (χ0) is 41.5. The quantitative estimate of drug-likeness (QED) is 0.0324. The van der Waals surface area contributed by atoms with E-state index in [1.807, 2.05) is 12.2 Å². The SMILES string of the molecule is CCCCCCCC/C=C\CCCCCCCCCC(=O)OCCCCCCCC/C=C\C/C=C\CCC(=O)NC(CO)C(O)/C=C/CCCCCCCCCC. The van der Waals surface area contributed by atoms with Crippen molar-refractivity contribution in [2.45, 2.75) is 251 Å². The van der Waals surface area contributed by atoms with Crippen LogP contribution in [-0.2, 0) is 14.3 Å². The maximum atomic E-state index is 12.3. The zero-order valence-electron chi connectivity index (χ0n) is 37.6. The van der Waals surface area contributed by atoms with Crippen molar-refractivity contribution in [3.63, 3.8) is 0 Å². The first-order chi connectivity index (χ1) is 28.0. The van der Waals surface area contributed by atoms with Gasteiger partial charge in [0.25, 0.3) is 0 Å². The number of esters is 1. The highest BCUT2D eigenvalue weighted by atomic mass is 16.5. The first kappa shape index (κ1) is 54.8. The van der Waals surface area contributed by atoms with Gasteiger partial charge in [0, 0.05) is 12.8 Å². The lowest BCUT2D eigenvalue weighted by Gasteiger charge is -2.19. The van der Waals surface area contributed by atoms with E-state index >= 15 is 0 Å². The maximum Gasteiger partial charge on any atom is 0.305 e. The van der Waals surface area contributed by atoms with E-state index in [2.05, 4.69) is 49.5 Å². The molecule has 0 rings (SSSR count). The third-order valence-electron chi connectivity index (χ3n) is 10.8. The number of carbonyl (C=O) groups excluding carboxylic acids is 2. The molecular formula is C51H93NO5. The summed E-state index contributed by atoms with van der Waals surface area (Å²) in [7, 11) is 0. The molecule has 0 saturated carbocycles. The number of allylic oxidation sites excluding steroid dienone is 7. The molecule has 0 aromatic rings. The Morgan fingerprint density at radius 3 is 1.39 bits per heavy atom. The van der Waals surface area contributed by atoms with Gasteiger partial charge in [-0.05, 0) is 77.0 Å². The number of aliphatic hydroxyl groups is 2. The number of carbonyl (C=O) groups is 2. The fourth-order valence-electron chi connectivity index (χ4n) is 7.03. The van der Waals surface area contributed by atoms with Crippen LogP contribution in [0.2, 0.25) is 0 Å². The number of rotatable bonds is 44. The average molecular weight is 800 g/mol. The summed E-state index contributed by atoms with van der Waals surface area (Å²) in [5, 5.41) is 22.8. The van der Waals surface area contributed by atoms with Crippen molar-refractivity contribution in [3.05, 3.63) is 48.6 Å². The molecule has 57 heavy (non-hydrogen) atoms. The van der Waals surface area contributed by atoms with Crippen molar-refractivity contribution in [3.8, 4) is 0 Å². The van der Waals surface area contributed by atoms with Crippen LogP contribution in [-0.4, -0.2) is 47.4 Å². The number of hydrogen-bond donors (Lipinski definition) is 3. The number of aliphatic hydroxyl groups excluding tert-OH is 2. The first-order valence-corrected chi connectivity index (χ1v) is 24.4. The molecule has 0 aliphatic rings. The van der Waals surface area contributed by atoms with E-state index in [0.29, 0.717) is 25.9 Å². The highest BCUT2D eigenvalue weighted by Gasteiger charge is 2.17. The van der Waals surface area contributed by atoms with Crippen LogP contribution in [0.15, 0.2) is 48.6 Å². The summed E-state index contributed by atoms with van der Waals surface area (Å²) in [6.07, 6.45) is 56.9. The number of ether oxygens (including phenoxy) is 1. The lowest BCUT2D eigenvalue weighted by Crippen LogP contribution is -2.45. The lowest BCUT2D eigenvalue weighted by molar-refractivity contribution is -0.143. The lowest BCUT2D eigenvalue weighted by atomic mass is 10.1. The Bertz CT molecular complexity index is 973. The molecule has 0 aliphatic carbocycles. The van der Waals surface area contributed by atoms with Crippen molar-refractivity contribution < 1.29 is 24.5 Å². The van der Waals surface area contributed by atoms with Gasteiger partial charge in [0.15, 0.2) is 0 Å². The molecule has 0 radical (unpaired) electrons. The molecule has 2 atom stereocenters. The van der Waals surface area contributed by atoms with Crippen LogP contribution in [0.3, 0.4) is 0 Å². The fraction of sp³-hybridized carbons (Fsp3) is 0.804. The number of nitrogens with one attached hydrogen (secondary N) is 1. The summed E-state index contributed by atoms with van der Waals surface area (Å²) in [5.74, 6) is -0.176. The van der Waals surface area contributed by atoms with Crippen LogP contribution in [0, 0.1) is 0 Å². The first-order valence-electron chi connectivity index (χ1n) is 24.4. The minimum Gasteiger partial charge on any atom is -0.466 e. The van der Waals surface area contributed by atoms with Crippen LogP contribution < -0.4 is 5.32 Å². The second kappa shape index (κ2) is 46.5. The van der Waals surface area contributed by atoms with Crippen molar-refractivity contribution in [1.29, 1.82) is 0 Å². The zero-order valence-corrected chi connectivity index (χ0v) is 37.6. The number of unbranched alkanes of at least 4 members (excludes halogenated alkanes) is 27. The minimum atomic E-state index is -0.878. The van der Waals surface area contributed by atoms with Gasteiger partial charge in [-0.25, -0.2) is 0 Å². The topological polar surface area (TPSA) is 95.9 Å². The van der Waals surface area contributed by atoms with E-state index in [0.717, 1.165) is 51.4 Å². The Balaban J connectivity index is 3.56. The average Bonchev–Trinajstić information content (AvgIpc) is 3.21. The van der Waals surface area contributed by atoms with E-state index in [1.54, 1.807) is 6.08 Å². The third kappa shape index (κ3) is 43.2. The second-order valence-electron chi connectivity index (χ2n) is 16.4. The van der Waals surface area contributed by atoms with Crippen LogP contribution in [0.25, 0.3) is 0 Å². The van der Waals surface area contributed by atoms with Gasteiger partial charge in [0.2, 0.25) is 5.91 Å². The van der Waals surface area contributed by atoms with Crippen LogP contribution in [0.1, 0.15) is 239 Å². The van der Waals surface area contributed by atoms with Gasteiger partial charge in [0.1, 0.15) is 0 Å². The molecular weight excluding hydrogens is 707 g/mol. The molecule has 0 aromatic carbocycles. The smallest absolute Gasteiger partial charge is 0.305 e. The molecule has 1 amide bonds. The molecule has 332 valence electrons. The predicted molar refractivity (Wildman–Crippen MR) is 245 cm³/mol. The molecule has 0 heterocycles. The van der Waals surface area contributed by atoms with Crippen molar-refractivity contribution >= 4 is 11.9 Å². The number of hydrogen-bond acceptors (Lipinski definition) is 5. The van der Waals surface area contributed by atoms with Crippen LogP contribution in [0.4, 0.5) is 0 Å². The van der Waals surface area contributed by atoms with E-state index in [-0.39, 0.29) is 18.5 Å². The standard InChI is InChI=1S/C51H93NO5/c1-3-5-7-9-11-13-15-16-17-18-19-22-25-29-33-37-41-45-51(56)57-46-42-38-34-30-26-23-20-21-24-28-32-36-40-44-50(55)52-48(47-53)49(54)43-39-35-31-27-14-12-10-8-6-4-2/h16-17,21,24,32,36,39,43,48-49,53-54H,3-15,18-20,22-23,25-31,33-35,37-38,40-42,44-47H2,1-2H3,(H,52,55)/b17-16-,24-21-,36-32-,43-39+. The van der Waals surface area contributed by atoms with Crippen molar-refractivity contribution in [2.24, 2.45) is 0 Å². The summed E-state index contributed by atoms with van der Waals surface area (Å²) in [5.41, 5.74) is 0. The van der Waals surface area contributed by atoms with Gasteiger partial charge >= 0.3 is 5.97 Å². The monoisotopic (exact) mass is 800 g/mol. The Kier molecular flexibility index (Phi) is 44.7. The van der Waals surface area contributed by atoms with E-state index in [1.165, 1.54) is 154 Å². The van der Waals surface area contributed by atoms with E-state index < -0.39 is 12.1 Å². The summed E-state index contributed by atoms with van der Waals surface area (Å²) >= 11 is 0. The molecule has 0 bridgehead atoms. The largest absolute Gasteiger partial charge is 0.466 e. The molecule has 0 spiro atoms. The van der Waals surface area contributed by atoms with E-state index in [4.69, 9.17) is 4.74 Å². The maximum absolute atomic E-state index is 12.3. The Labute approximate surface area is 353 Å². The predicted octanol–water partition coefficient (Wildman–Crippen LogP) is 14.3. The highest BCUT2D eigenvalue weighted by Crippen LogP contribution is 2.13. The molecule has 2 unspecified atom stereocenters. The van der Waals surface area contributed by atoms with E-state index in [9.17, 15) is 19.8 Å². The van der Waals surface area contributed by atoms with Crippen LogP contribution in [0.5, 0.6) is 0 Å². The van der Waals surface area contributed by atoms with Gasteiger partial charge in [-0.1, -0.05) is 197 Å². The van der Waals surface area contributed by atoms with Crippen LogP contribution >= 0.6 is 0 Å². The summed E-state index contributed by atoms with van der Waals surface area (Å²) in [6, 6.07) is -0.670. The third-order valence-corrected chi connectivity index (χ3v) is 10.8. The Morgan fingerprint density at radius 2 is 0.895 bits per heavy atom. The van der Waals surface area contributed by atoms with Gasteiger partial charge in [-0.3, -0.25) is 9.59 Å². The molecule has 0 fully saturated rings. The molecule has 0 aliphatic heterocycles. The molecule has 3 N–H and O–H groups in total. The summed E-state index contributed by atoms with van der Waals surface area (Å²) in [6.45, 7) is 4.79. The minimum absolute atomic E-state index is 0.0233. The van der Waals surface area contributed by atoms with Gasteiger partial charge in [0.05, 0.1) is 25.4 Å². The second-order valence-corrected chi connectivity index (χ2v) is 16.4. The fourth-order valence-corrected chi connectivity index (χ4v) is 7.03. The highest BCUT2D eigenvalue weighted by molar-refractivity contribution is 5.76. The molecule has 0 aromatic heterocycles. The normalized spacial score (nSPS) is 13.1. The van der Waals surface area contributed by atoms with Gasteiger partial charge < -0.3 is 20.3 Å².